The normalized spacial score (nSPS) is 24.5. The minimum atomic E-state index is -0.638. The van der Waals surface area contributed by atoms with Crippen molar-refractivity contribution in [1.29, 1.82) is 0 Å². The van der Waals surface area contributed by atoms with Gasteiger partial charge in [-0.25, -0.2) is 4.98 Å². The molecular formula is C21H21ClN6O5. The molecule has 4 aromatic rings. The van der Waals surface area contributed by atoms with E-state index in [1.54, 1.807) is 13.2 Å². The number of anilines is 1. The van der Waals surface area contributed by atoms with Crippen molar-refractivity contribution in [2.75, 3.05) is 25.6 Å². The topological polar surface area (TPSA) is 139 Å². The Hall–Kier alpha value is -3.12. The summed E-state index contributed by atoms with van der Waals surface area (Å²) in [6.07, 6.45) is -1.71. The van der Waals surface area contributed by atoms with Crippen LogP contribution in [-0.4, -0.2) is 75.0 Å². The zero-order chi connectivity index (χ0) is 22.5. The van der Waals surface area contributed by atoms with Crippen molar-refractivity contribution >= 4 is 39.5 Å². The number of fused-ring (bicyclic) bond motifs is 3. The van der Waals surface area contributed by atoms with Gasteiger partial charge in [-0.15, -0.1) is 0 Å². The van der Waals surface area contributed by atoms with E-state index in [0.29, 0.717) is 35.2 Å². The van der Waals surface area contributed by atoms with Crippen LogP contribution in [0.25, 0.3) is 22.1 Å². The Balaban J connectivity index is 1.20. The lowest BCUT2D eigenvalue weighted by molar-refractivity contribution is 0.00706. The molecule has 2 unspecified atom stereocenters. The number of H-pyrrole nitrogens is 2. The van der Waals surface area contributed by atoms with E-state index in [1.807, 2.05) is 18.2 Å². The monoisotopic (exact) mass is 472 g/mol. The van der Waals surface area contributed by atoms with E-state index in [2.05, 4.69) is 30.5 Å². The number of methoxy groups -OCH3 is 1. The van der Waals surface area contributed by atoms with Crippen LogP contribution < -0.4 is 14.8 Å². The highest BCUT2D eigenvalue weighted by Crippen LogP contribution is 2.31. The number of halogens is 1. The molecule has 5 heterocycles. The summed E-state index contributed by atoms with van der Waals surface area (Å²) in [6.45, 7) is 0.977. The fourth-order valence-electron chi connectivity index (χ4n) is 4.24. The Kier molecular flexibility index (Phi) is 4.98. The molecule has 2 fully saturated rings. The van der Waals surface area contributed by atoms with Crippen LogP contribution in [0.4, 0.5) is 5.82 Å². The molecule has 0 aliphatic carbocycles. The lowest BCUT2D eigenvalue weighted by Crippen LogP contribution is -2.34. The highest BCUT2D eigenvalue weighted by molar-refractivity contribution is 6.33. The molecule has 12 heteroatoms. The average Bonchev–Trinajstić information content (AvgIpc) is 3.58. The van der Waals surface area contributed by atoms with E-state index < -0.39 is 6.10 Å². The van der Waals surface area contributed by atoms with Gasteiger partial charge >= 0.3 is 0 Å². The average molecular weight is 473 g/mol. The molecule has 3 aromatic heterocycles. The van der Waals surface area contributed by atoms with Crippen LogP contribution in [0.1, 0.15) is 5.69 Å². The molecule has 0 spiro atoms. The molecule has 2 aliphatic rings. The molecule has 33 heavy (non-hydrogen) atoms. The molecule has 172 valence electrons. The van der Waals surface area contributed by atoms with E-state index in [-0.39, 0.29) is 30.9 Å². The van der Waals surface area contributed by atoms with Crippen molar-refractivity contribution in [1.82, 2.24) is 25.1 Å². The van der Waals surface area contributed by atoms with E-state index in [4.69, 9.17) is 30.5 Å². The lowest BCUT2D eigenvalue weighted by atomic mass is 10.1. The second kappa shape index (κ2) is 8.03. The van der Waals surface area contributed by atoms with Crippen LogP contribution in [0.3, 0.4) is 0 Å². The van der Waals surface area contributed by atoms with Gasteiger partial charge in [-0.1, -0.05) is 11.6 Å². The van der Waals surface area contributed by atoms with Gasteiger partial charge in [-0.05, 0) is 24.3 Å². The van der Waals surface area contributed by atoms with Gasteiger partial charge in [0.2, 0.25) is 0 Å². The molecule has 4 N–H and O–H groups in total. The number of imidazole rings is 1. The summed E-state index contributed by atoms with van der Waals surface area (Å²) in [7, 11) is 1.63. The largest absolute Gasteiger partial charge is 0.497 e. The van der Waals surface area contributed by atoms with Crippen LogP contribution >= 0.6 is 11.6 Å². The summed E-state index contributed by atoms with van der Waals surface area (Å²) in [5.74, 6) is 1.24. The third-order valence-corrected chi connectivity index (χ3v) is 6.21. The van der Waals surface area contributed by atoms with E-state index in [9.17, 15) is 5.11 Å². The maximum absolute atomic E-state index is 9.89. The van der Waals surface area contributed by atoms with Crippen molar-refractivity contribution in [2.24, 2.45) is 0 Å². The van der Waals surface area contributed by atoms with E-state index >= 15 is 0 Å². The third kappa shape index (κ3) is 3.62. The minimum Gasteiger partial charge on any atom is -0.497 e. The summed E-state index contributed by atoms with van der Waals surface area (Å²) in [4.78, 5) is 12.0. The van der Waals surface area contributed by atoms with E-state index in [1.165, 1.54) is 0 Å². The number of nitrogens with zero attached hydrogens (tertiary/aromatic N) is 3. The molecular weight excluding hydrogens is 452 g/mol. The summed E-state index contributed by atoms with van der Waals surface area (Å²) in [6, 6.07) is 7.71. The van der Waals surface area contributed by atoms with Crippen LogP contribution in [-0.2, 0) is 16.0 Å². The molecule has 2 aliphatic heterocycles. The predicted octanol–water partition coefficient (Wildman–Crippen LogP) is 2.01. The Morgan fingerprint density at radius 1 is 1.21 bits per heavy atom. The first kappa shape index (κ1) is 20.5. The Labute approximate surface area is 192 Å². The Morgan fingerprint density at radius 2 is 2.09 bits per heavy atom. The van der Waals surface area contributed by atoms with Crippen LogP contribution in [0, 0.1) is 0 Å². The molecule has 6 rings (SSSR count). The van der Waals surface area contributed by atoms with Crippen LogP contribution in [0.5, 0.6) is 11.8 Å². The number of aromatic nitrogens is 5. The number of hydrogen-bond donors (Lipinski definition) is 4. The molecule has 11 nitrogen and oxygen atoms in total. The molecule has 1 aromatic carbocycles. The molecule has 0 saturated carbocycles. The number of aliphatic hydroxyl groups excluding tert-OH is 1. The van der Waals surface area contributed by atoms with Gasteiger partial charge in [-0.3, -0.25) is 5.10 Å². The highest BCUT2D eigenvalue weighted by atomic mass is 35.5. The van der Waals surface area contributed by atoms with Gasteiger partial charge in [0, 0.05) is 5.39 Å². The molecule has 0 amide bonds. The van der Waals surface area contributed by atoms with E-state index in [0.717, 1.165) is 22.3 Å². The first-order valence-electron chi connectivity index (χ1n) is 10.5. The molecule has 0 bridgehead atoms. The number of aliphatic hydroxyl groups is 1. The van der Waals surface area contributed by atoms with Gasteiger partial charge in [0.15, 0.2) is 11.8 Å². The number of nitrogens with one attached hydrogen (secondary N) is 3. The zero-order valence-corrected chi connectivity index (χ0v) is 18.3. The lowest BCUT2D eigenvalue weighted by Gasteiger charge is -2.15. The van der Waals surface area contributed by atoms with Crippen molar-refractivity contribution in [3.63, 3.8) is 0 Å². The number of benzene rings is 1. The number of ether oxygens (including phenoxy) is 4. The number of hydrogen-bond acceptors (Lipinski definition) is 9. The van der Waals surface area contributed by atoms with Crippen molar-refractivity contribution in [3.8, 4) is 11.8 Å². The fourth-order valence-corrected chi connectivity index (χ4v) is 4.46. The summed E-state index contributed by atoms with van der Waals surface area (Å²) in [5.41, 5.74) is 2.81. The number of aromatic amines is 2. The Morgan fingerprint density at radius 3 is 2.97 bits per heavy atom. The maximum atomic E-state index is 9.89. The first-order valence-corrected chi connectivity index (χ1v) is 10.9. The molecule has 0 radical (unpaired) electrons. The van der Waals surface area contributed by atoms with Gasteiger partial charge in [0.05, 0.1) is 48.6 Å². The van der Waals surface area contributed by atoms with Gasteiger partial charge < -0.3 is 34.4 Å². The molecule has 2 saturated heterocycles. The third-order valence-electron chi connectivity index (χ3n) is 5.92. The van der Waals surface area contributed by atoms with Crippen molar-refractivity contribution in [2.45, 2.75) is 31.0 Å². The summed E-state index contributed by atoms with van der Waals surface area (Å²) >= 11 is 6.45. The SMILES string of the molecule is COc1ccc2n[nH]c(CNc3nc4nc(O[C@@H]5COC6C5OC[C@H]6O)[nH]c4cc3Cl)c2c1. The standard InChI is InChI=1S/C21H21ClN6O5/c1-30-9-2-3-12-10(4-9)14(28-27-12)6-23-19-11(22)5-13-20(25-19)26-21(24-13)33-16-8-32-17-15(29)7-31-18(16)17/h2-5,15-18,29H,6-8H2,1H3,(H,27,28)(H2,23,24,25,26)/t15-,16-,17?,18?/m1/s1. The summed E-state index contributed by atoms with van der Waals surface area (Å²) in [5, 5.41) is 21.9. The number of rotatable bonds is 6. The predicted molar refractivity (Wildman–Crippen MR) is 119 cm³/mol. The van der Waals surface area contributed by atoms with Gasteiger partial charge in [0.25, 0.3) is 6.01 Å². The fraction of sp³-hybridized carbons (Fsp3) is 0.381. The second-order valence-electron chi connectivity index (χ2n) is 7.99. The van der Waals surface area contributed by atoms with Crippen molar-refractivity contribution < 1.29 is 24.1 Å². The smallest absolute Gasteiger partial charge is 0.296 e. The second-order valence-corrected chi connectivity index (χ2v) is 8.40. The first-order chi connectivity index (χ1) is 16.1. The zero-order valence-electron chi connectivity index (χ0n) is 17.5. The highest BCUT2D eigenvalue weighted by Gasteiger charge is 2.48. The molecule has 4 atom stereocenters. The Bertz CT molecular complexity index is 1330. The van der Waals surface area contributed by atoms with Crippen LogP contribution in [0.2, 0.25) is 5.02 Å². The quantitative estimate of drug-likeness (QED) is 0.331. The van der Waals surface area contributed by atoms with Gasteiger partial charge in [0.1, 0.15) is 29.9 Å². The van der Waals surface area contributed by atoms with Crippen molar-refractivity contribution in [3.05, 3.63) is 35.0 Å². The maximum Gasteiger partial charge on any atom is 0.296 e. The minimum absolute atomic E-state index is 0.236. The summed E-state index contributed by atoms with van der Waals surface area (Å²) < 4.78 is 22.4. The van der Waals surface area contributed by atoms with Crippen LogP contribution in [0.15, 0.2) is 24.3 Å². The number of pyridine rings is 1. The van der Waals surface area contributed by atoms with Gasteiger partial charge in [-0.2, -0.15) is 10.1 Å².